The van der Waals surface area contributed by atoms with E-state index < -0.39 is 6.10 Å². The van der Waals surface area contributed by atoms with Crippen LogP contribution < -0.4 is 0 Å². The summed E-state index contributed by atoms with van der Waals surface area (Å²) < 4.78 is 16.7. The van der Waals surface area contributed by atoms with Crippen LogP contribution in [0.25, 0.3) is 0 Å². The van der Waals surface area contributed by atoms with Gasteiger partial charge in [0.05, 0.1) is 0 Å². The zero-order valence-corrected chi connectivity index (χ0v) is 39.4. The van der Waals surface area contributed by atoms with E-state index in [-0.39, 0.29) is 31.1 Å². The fourth-order valence-corrected chi connectivity index (χ4v) is 6.43. The third-order valence-electron chi connectivity index (χ3n) is 10.2. The molecule has 0 aromatic rings. The van der Waals surface area contributed by atoms with Crippen molar-refractivity contribution in [3.05, 3.63) is 97.2 Å². The van der Waals surface area contributed by atoms with Gasteiger partial charge in [-0.2, -0.15) is 0 Å². The monoisotopic (exact) mass is 847 g/mol. The summed E-state index contributed by atoms with van der Waals surface area (Å²) in [7, 11) is 0. The highest BCUT2D eigenvalue weighted by Gasteiger charge is 2.19. The summed E-state index contributed by atoms with van der Waals surface area (Å²) in [6, 6.07) is 0. The lowest BCUT2D eigenvalue weighted by Gasteiger charge is -2.18. The van der Waals surface area contributed by atoms with Crippen LogP contribution in [0.5, 0.6) is 0 Å². The third-order valence-corrected chi connectivity index (χ3v) is 10.2. The molecule has 0 fully saturated rings. The Morgan fingerprint density at radius 2 is 0.738 bits per heavy atom. The molecule has 1 unspecified atom stereocenters. The second kappa shape index (κ2) is 49.0. The molecule has 6 nitrogen and oxygen atoms in total. The Morgan fingerprint density at radius 3 is 1.21 bits per heavy atom. The van der Waals surface area contributed by atoms with Crippen LogP contribution in [0, 0.1) is 0 Å². The predicted molar refractivity (Wildman–Crippen MR) is 260 cm³/mol. The predicted octanol–water partition coefficient (Wildman–Crippen LogP) is 16.2. The average molecular weight is 847 g/mol. The lowest BCUT2D eigenvalue weighted by Crippen LogP contribution is -2.30. The van der Waals surface area contributed by atoms with Crippen molar-refractivity contribution in [2.75, 3.05) is 13.2 Å². The van der Waals surface area contributed by atoms with E-state index in [0.29, 0.717) is 19.3 Å². The minimum atomic E-state index is -0.795. The molecule has 0 N–H and O–H groups in total. The van der Waals surface area contributed by atoms with Gasteiger partial charge in [0.2, 0.25) is 0 Å². The average Bonchev–Trinajstić information content (AvgIpc) is 3.26. The van der Waals surface area contributed by atoms with Crippen LogP contribution in [-0.2, 0) is 28.6 Å². The normalized spacial score (nSPS) is 12.9. The molecule has 0 bridgehead atoms. The molecule has 1 atom stereocenters. The minimum Gasteiger partial charge on any atom is -0.462 e. The molecule has 0 aliphatic rings. The Kier molecular flexibility index (Phi) is 46.0. The van der Waals surface area contributed by atoms with E-state index >= 15 is 0 Å². The van der Waals surface area contributed by atoms with Crippen molar-refractivity contribution >= 4 is 17.9 Å². The highest BCUT2D eigenvalue weighted by Crippen LogP contribution is 2.13. The number of unbranched alkanes of at least 4 members (excludes halogenated alkanes) is 20. The Morgan fingerprint density at radius 1 is 0.361 bits per heavy atom. The van der Waals surface area contributed by atoms with Gasteiger partial charge in [0.25, 0.3) is 0 Å². The highest BCUT2D eigenvalue weighted by atomic mass is 16.6. The molecule has 0 heterocycles. The van der Waals surface area contributed by atoms with Gasteiger partial charge in [-0.25, -0.2) is 0 Å². The summed E-state index contributed by atoms with van der Waals surface area (Å²) in [5.74, 6) is -0.944. The molecule has 6 heteroatoms. The molecule has 346 valence electrons. The molecule has 0 spiro atoms. The van der Waals surface area contributed by atoms with Gasteiger partial charge in [0, 0.05) is 19.3 Å². The Bertz CT molecular complexity index is 1250. The number of ether oxygens (including phenoxy) is 3. The number of carbonyl (C=O) groups excluding carboxylic acids is 3. The second-order valence-electron chi connectivity index (χ2n) is 16.1. The zero-order chi connectivity index (χ0) is 44.4. The largest absolute Gasteiger partial charge is 0.462 e. The van der Waals surface area contributed by atoms with Crippen molar-refractivity contribution < 1.29 is 28.6 Å². The van der Waals surface area contributed by atoms with Crippen LogP contribution in [-0.4, -0.2) is 37.2 Å². The molecule has 0 aromatic heterocycles. The van der Waals surface area contributed by atoms with Crippen molar-refractivity contribution in [1.29, 1.82) is 0 Å². The number of rotatable bonds is 43. The van der Waals surface area contributed by atoms with Crippen LogP contribution in [0.2, 0.25) is 0 Å². The van der Waals surface area contributed by atoms with Gasteiger partial charge in [0.15, 0.2) is 6.10 Å². The summed E-state index contributed by atoms with van der Waals surface area (Å²) in [5.41, 5.74) is 0. The Hall–Kier alpha value is -3.67. The Balaban J connectivity index is 4.46. The van der Waals surface area contributed by atoms with Gasteiger partial charge in [-0.3, -0.25) is 14.4 Å². The number of esters is 3. The fraction of sp³-hybridized carbons (Fsp3) is 0.655. The van der Waals surface area contributed by atoms with Crippen molar-refractivity contribution in [1.82, 2.24) is 0 Å². The molecule has 0 saturated carbocycles. The lowest BCUT2D eigenvalue weighted by molar-refractivity contribution is -0.167. The Labute approximate surface area is 375 Å². The number of carbonyl (C=O) groups is 3. The van der Waals surface area contributed by atoms with Crippen molar-refractivity contribution in [3.8, 4) is 0 Å². The van der Waals surface area contributed by atoms with Gasteiger partial charge in [-0.15, -0.1) is 0 Å². The molecule has 0 amide bonds. The molecule has 0 saturated heterocycles. The van der Waals surface area contributed by atoms with Gasteiger partial charge in [0.1, 0.15) is 13.2 Å². The summed E-state index contributed by atoms with van der Waals surface area (Å²) in [6.07, 6.45) is 63.8. The van der Waals surface area contributed by atoms with Crippen LogP contribution in [0.1, 0.15) is 213 Å². The molecule has 0 aliphatic heterocycles. The van der Waals surface area contributed by atoms with Crippen molar-refractivity contribution in [2.24, 2.45) is 0 Å². The first kappa shape index (κ1) is 57.3. The van der Waals surface area contributed by atoms with E-state index in [1.54, 1.807) is 0 Å². The maximum Gasteiger partial charge on any atom is 0.306 e. The van der Waals surface area contributed by atoms with Crippen LogP contribution >= 0.6 is 0 Å². The number of hydrogen-bond donors (Lipinski definition) is 0. The maximum absolute atomic E-state index is 12.8. The van der Waals surface area contributed by atoms with Gasteiger partial charge >= 0.3 is 17.9 Å². The van der Waals surface area contributed by atoms with E-state index in [1.165, 1.54) is 57.8 Å². The topological polar surface area (TPSA) is 78.9 Å². The first-order valence-electron chi connectivity index (χ1n) is 24.8. The summed E-state index contributed by atoms with van der Waals surface area (Å²) in [4.78, 5) is 37.9. The van der Waals surface area contributed by atoms with E-state index in [0.717, 1.165) is 116 Å². The van der Waals surface area contributed by atoms with Crippen molar-refractivity contribution in [3.63, 3.8) is 0 Å². The summed E-state index contributed by atoms with van der Waals surface area (Å²) in [6.45, 7) is 6.35. The van der Waals surface area contributed by atoms with Gasteiger partial charge in [-0.05, 0) is 83.5 Å². The van der Waals surface area contributed by atoms with E-state index in [4.69, 9.17) is 14.2 Å². The highest BCUT2D eigenvalue weighted by molar-refractivity contribution is 5.71. The smallest absolute Gasteiger partial charge is 0.306 e. The van der Waals surface area contributed by atoms with Crippen LogP contribution in [0.15, 0.2) is 97.2 Å². The number of hydrogen-bond acceptors (Lipinski definition) is 6. The SMILES string of the molecule is CC/C=C\C/C=C\CCCCCCCCCC(=O)OC(COC(=O)CCCCCCC\C=C/C=C\C=C/C=C\C=C/CCC)COC(=O)CCCCCCC/C=C\CCCC. The lowest BCUT2D eigenvalue weighted by atomic mass is 10.1. The van der Waals surface area contributed by atoms with Gasteiger partial charge in [-0.1, -0.05) is 208 Å². The standard InChI is InChI=1S/C55H90O6/c1-4-7-10-13-16-19-22-24-26-27-28-29-31-33-36-39-42-45-48-54(57)60-51-52(50-59-53(56)47-44-41-38-35-32-21-18-15-12-9-6-3)61-55(58)49-46-43-40-37-34-30-25-23-20-17-14-11-8-5-2/h8,10-11,13,15-20,22,24,26-29,52H,4-7,9,12,14,21,23,25,30-51H2,1-3H3/b11-8-,13-10-,18-15-,19-16-,20-17-,24-22-,27-26-,29-28-. The fourth-order valence-electron chi connectivity index (χ4n) is 6.43. The summed E-state index contributed by atoms with van der Waals surface area (Å²) >= 11 is 0. The molecule has 0 aromatic carbocycles. The zero-order valence-electron chi connectivity index (χ0n) is 39.4. The molecule has 0 aliphatic carbocycles. The molecular weight excluding hydrogens is 757 g/mol. The van der Waals surface area contributed by atoms with E-state index in [1.807, 2.05) is 24.3 Å². The van der Waals surface area contributed by atoms with Crippen LogP contribution in [0.3, 0.4) is 0 Å². The second-order valence-corrected chi connectivity index (χ2v) is 16.1. The molecule has 61 heavy (non-hydrogen) atoms. The van der Waals surface area contributed by atoms with Crippen molar-refractivity contribution in [2.45, 2.75) is 219 Å². The number of allylic oxidation sites excluding steroid dienone is 16. The van der Waals surface area contributed by atoms with Gasteiger partial charge < -0.3 is 14.2 Å². The first-order valence-corrected chi connectivity index (χ1v) is 24.8. The third kappa shape index (κ3) is 47.2. The summed E-state index contributed by atoms with van der Waals surface area (Å²) in [5, 5.41) is 0. The minimum absolute atomic E-state index is 0.0951. The molecular formula is C55H90O6. The first-order chi connectivity index (χ1) is 30.0. The van der Waals surface area contributed by atoms with E-state index in [2.05, 4.69) is 93.7 Å². The maximum atomic E-state index is 12.8. The quantitative estimate of drug-likeness (QED) is 0.0200. The van der Waals surface area contributed by atoms with E-state index in [9.17, 15) is 14.4 Å². The molecule has 0 radical (unpaired) electrons. The van der Waals surface area contributed by atoms with Crippen LogP contribution in [0.4, 0.5) is 0 Å². The molecule has 0 rings (SSSR count).